The Balaban J connectivity index is 2.29. The van der Waals surface area contributed by atoms with Crippen molar-refractivity contribution >= 4 is 11.4 Å². The molecule has 0 heterocycles. The van der Waals surface area contributed by atoms with Crippen molar-refractivity contribution in [3.63, 3.8) is 0 Å². The summed E-state index contributed by atoms with van der Waals surface area (Å²) in [6.45, 7) is 6.18. The highest BCUT2D eigenvalue weighted by molar-refractivity contribution is 5.54. The molecule has 2 rings (SSSR count). The summed E-state index contributed by atoms with van der Waals surface area (Å²) in [5, 5.41) is 14.4. The first-order valence-corrected chi connectivity index (χ1v) is 7.09. The first-order valence-electron chi connectivity index (χ1n) is 7.09. The Morgan fingerprint density at radius 1 is 1.19 bits per heavy atom. The highest BCUT2D eigenvalue weighted by Gasteiger charge is 2.14. The maximum atomic E-state index is 10.9. The fraction of sp³-hybridized carbons (Fsp3) is 0.294. The fourth-order valence-corrected chi connectivity index (χ4v) is 2.36. The molecule has 0 aromatic heterocycles. The lowest BCUT2D eigenvalue weighted by molar-refractivity contribution is -0.384. The van der Waals surface area contributed by atoms with Crippen LogP contribution in [0.4, 0.5) is 11.4 Å². The molecule has 2 aromatic rings. The molecule has 0 aliphatic heterocycles. The van der Waals surface area contributed by atoms with E-state index in [9.17, 15) is 10.1 Å². The van der Waals surface area contributed by atoms with Gasteiger partial charge in [-0.1, -0.05) is 31.2 Å². The minimum atomic E-state index is -0.353. The zero-order valence-electron chi connectivity index (χ0n) is 12.6. The van der Waals surface area contributed by atoms with Gasteiger partial charge in [-0.25, -0.2) is 0 Å². The number of benzene rings is 2. The maximum Gasteiger partial charge on any atom is 0.269 e. The lowest BCUT2D eigenvalue weighted by Crippen LogP contribution is -2.11. The van der Waals surface area contributed by atoms with Crippen LogP contribution in [0.25, 0.3) is 0 Å². The Hall–Kier alpha value is -2.36. The molecule has 4 nitrogen and oxygen atoms in total. The molecule has 0 aliphatic carbocycles. The first kappa shape index (κ1) is 15.0. The van der Waals surface area contributed by atoms with Gasteiger partial charge in [0.15, 0.2) is 0 Å². The number of hydrogen-bond acceptors (Lipinski definition) is 3. The van der Waals surface area contributed by atoms with Crippen molar-refractivity contribution in [2.75, 3.05) is 5.32 Å². The molecule has 0 fully saturated rings. The molecular formula is C17H20N2O2. The average Bonchev–Trinajstić information content (AvgIpc) is 2.48. The number of nitro benzene ring substituents is 1. The SMILES string of the molecule is CCC(Nc1cc(C)ccc1C)c1cccc([N+](=O)[O-])c1. The summed E-state index contributed by atoms with van der Waals surface area (Å²) in [5.74, 6) is 0. The lowest BCUT2D eigenvalue weighted by Gasteiger charge is -2.20. The van der Waals surface area contributed by atoms with Gasteiger partial charge in [0.1, 0.15) is 0 Å². The molecule has 1 N–H and O–H groups in total. The van der Waals surface area contributed by atoms with E-state index in [4.69, 9.17) is 0 Å². The van der Waals surface area contributed by atoms with Crippen molar-refractivity contribution in [3.8, 4) is 0 Å². The van der Waals surface area contributed by atoms with Crippen molar-refractivity contribution in [3.05, 3.63) is 69.3 Å². The molecule has 2 aromatic carbocycles. The van der Waals surface area contributed by atoms with Crippen molar-refractivity contribution in [2.45, 2.75) is 33.2 Å². The van der Waals surface area contributed by atoms with Crippen LogP contribution in [0.3, 0.4) is 0 Å². The minimum absolute atomic E-state index is 0.0606. The van der Waals surface area contributed by atoms with E-state index in [0.717, 1.165) is 17.7 Å². The van der Waals surface area contributed by atoms with Crippen LogP contribution >= 0.6 is 0 Å². The molecule has 1 unspecified atom stereocenters. The molecule has 21 heavy (non-hydrogen) atoms. The third-order valence-electron chi connectivity index (χ3n) is 3.61. The van der Waals surface area contributed by atoms with Gasteiger partial charge in [0.2, 0.25) is 0 Å². The second kappa shape index (κ2) is 6.39. The number of nitro groups is 1. The van der Waals surface area contributed by atoms with E-state index >= 15 is 0 Å². The van der Waals surface area contributed by atoms with Gasteiger partial charge in [-0.2, -0.15) is 0 Å². The zero-order chi connectivity index (χ0) is 15.4. The van der Waals surface area contributed by atoms with Crippen molar-refractivity contribution < 1.29 is 4.92 Å². The quantitative estimate of drug-likeness (QED) is 0.635. The van der Waals surface area contributed by atoms with Crippen LogP contribution < -0.4 is 5.32 Å². The van der Waals surface area contributed by atoms with E-state index in [1.807, 2.05) is 6.07 Å². The number of hydrogen-bond donors (Lipinski definition) is 1. The van der Waals surface area contributed by atoms with Gasteiger partial charge in [0, 0.05) is 17.8 Å². The second-order valence-corrected chi connectivity index (χ2v) is 5.28. The van der Waals surface area contributed by atoms with Crippen molar-refractivity contribution in [1.82, 2.24) is 0 Å². The maximum absolute atomic E-state index is 10.9. The molecule has 0 spiro atoms. The summed E-state index contributed by atoms with van der Waals surface area (Å²) in [6, 6.07) is 13.2. The van der Waals surface area contributed by atoms with Gasteiger partial charge in [0.05, 0.1) is 11.0 Å². The molecule has 0 radical (unpaired) electrons. The molecular weight excluding hydrogens is 264 g/mol. The van der Waals surface area contributed by atoms with Crippen LogP contribution in [-0.2, 0) is 0 Å². The van der Waals surface area contributed by atoms with E-state index < -0.39 is 0 Å². The molecule has 110 valence electrons. The van der Waals surface area contributed by atoms with Gasteiger partial charge < -0.3 is 5.32 Å². The van der Waals surface area contributed by atoms with Gasteiger partial charge in [-0.15, -0.1) is 0 Å². The molecule has 0 amide bonds. The van der Waals surface area contributed by atoms with Gasteiger partial charge in [0.25, 0.3) is 5.69 Å². The van der Waals surface area contributed by atoms with E-state index in [1.54, 1.807) is 12.1 Å². The Labute approximate surface area is 125 Å². The molecule has 4 heteroatoms. The van der Waals surface area contributed by atoms with E-state index in [-0.39, 0.29) is 16.7 Å². The van der Waals surface area contributed by atoms with Crippen LogP contribution in [-0.4, -0.2) is 4.92 Å². The second-order valence-electron chi connectivity index (χ2n) is 5.28. The summed E-state index contributed by atoms with van der Waals surface area (Å²) in [7, 11) is 0. The first-order chi connectivity index (χ1) is 10.0. The highest BCUT2D eigenvalue weighted by atomic mass is 16.6. The van der Waals surface area contributed by atoms with E-state index in [1.165, 1.54) is 17.2 Å². The normalized spacial score (nSPS) is 12.0. The van der Waals surface area contributed by atoms with Crippen LogP contribution in [0, 0.1) is 24.0 Å². The van der Waals surface area contributed by atoms with Gasteiger partial charge >= 0.3 is 0 Å². The molecule has 0 aliphatic rings. The standard InChI is InChI=1S/C17H20N2O2/c1-4-16(14-6-5-7-15(11-14)19(20)21)18-17-10-12(2)8-9-13(17)3/h5-11,16,18H,4H2,1-3H3. The molecule has 0 bridgehead atoms. The van der Waals surface area contributed by atoms with Gasteiger partial charge in [-0.05, 0) is 43.0 Å². The van der Waals surface area contributed by atoms with Crippen LogP contribution in [0.15, 0.2) is 42.5 Å². The summed E-state index contributed by atoms with van der Waals surface area (Å²) >= 11 is 0. The zero-order valence-corrected chi connectivity index (χ0v) is 12.6. The number of non-ortho nitro benzene ring substituents is 1. The van der Waals surface area contributed by atoms with Crippen molar-refractivity contribution in [2.24, 2.45) is 0 Å². The smallest absolute Gasteiger partial charge is 0.269 e. The molecule has 1 atom stereocenters. The summed E-state index contributed by atoms with van der Waals surface area (Å²) < 4.78 is 0. The summed E-state index contributed by atoms with van der Waals surface area (Å²) in [6.07, 6.45) is 0.856. The summed E-state index contributed by atoms with van der Waals surface area (Å²) in [5.41, 5.74) is 4.51. The minimum Gasteiger partial charge on any atom is -0.378 e. The van der Waals surface area contributed by atoms with Crippen LogP contribution in [0.5, 0.6) is 0 Å². The third-order valence-corrected chi connectivity index (χ3v) is 3.61. The number of aryl methyl sites for hydroxylation is 2. The highest BCUT2D eigenvalue weighted by Crippen LogP contribution is 2.27. The summed E-state index contributed by atoms with van der Waals surface area (Å²) in [4.78, 5) is 10.6. The predicted octanol–water partition coefficient (Wildman–Crippen LogP) is 4.77. The van der Waals surface area contributed by atoms with Crippen LogP contribution in [0.1, 0.15) is 36.1 Å². The molecule has 0 saturated carbocycles. The monoisotopic (exact) mass is 284 g/mol. The number of nitrogens with zero attached hydrogens (tertiary/aromatic N) is 1. The van der Waals surface area contributed by atoms with E-state index in [2.05, 4.69) is 44.3 Å². The number of rotatable bonds is 5. The largest absolute Gasteiger partial charge is 0.378 e. The van der Waals surface area contributed by atoms with Crippen LogP contribution in [0.2, 0.25) is 0 Å². The van der Waals surface area contributed by atoms with Gasteiger partial charge in [-0.3, -0.25) is 10.1 Å². The third kappa shape index (κ3) is 3.60. The number of anilines is 1. The Bertz CT molecular complexity index is 653. The number of nitrogens with one attached hydrogen (secondary N) is 1. The lowest BCUT2D eigenvalue weighted by atomic mass is 10.0. The predicted molar refractivity (Wildman–Crippen MR) is 85.7 cm³/mol. The van der Waals surface area contributed by atoms with Crippen molar-refractivity contribution in [1.29, 1.82) is 0 Å². The topological polar surface area (TPSA) is 55.2 Å². The fourth-order valence-electron chi connectivity index (χ4n) is 2.36. The Kier molecular flexibility index (Phi) is 4.58. The Morgan fingerprint density at radius 2 is 1.95 bits per heavy atom. The molecule has 0 saturated heterocycles. The average molecular weight is 284 g/mol. The Morgan fingerprint density at radius 3 is 2.62 bits per heavy atom. The van der Waals surface area contributed by atoms with E-state index in [0.29, 0.717) is 0 Å².